The molecule has 0 saturated heterocycles. The van der Waals surface area contributed by atoms with E-state index in [1.165, 1.54) is 0 Å². The average Bonchev–Trinajstić information content (AvgIpc) is 2.62. The highest BCUT2D eigenvalue weighted by Gasteiger charge is 2.23. The van der Waals surface area contributed by atoms with E-state index in [0.717, 1.165) is 28.2 Å². The second kappa shape index (κ2) is 8.56. The summed E-state index contributed by atoms with van der Waals surface area (Å²) in [6.45, 7) is 6.45. The van der Waals surface area contributed by atoms with Crippen LogP contribution in [0.5, 0.6) is 11.5 Å². The van der Waals surface area contributed by atoms with Crippen molar-refractivity contribution in [3.63, 3.8) is 0 Å². The summed E-state index contributed by atoms with van der Waals surface area (Å²) in [6, 6.07) is 13.8. The first-order chi connectivity index (χ1) is 12.0. The smallest absolute Gasteiger partial charge is 0.263 e. The highest BCUT2D eigenvalue weighted by molar-refractivity contribution is 5.81. The third-order valence-electron chi connectivity index (χ3n) is 4.24. The Bertz CT molecular complexity index is 727. The van der Waals surface area contributed by atoms with Gasteiger partial charge in [-0.05, 0) is 43.5 Å². The van der Waals surface area contributed by atoms with Gasteiger partial charge in [0.15, 0.2) is 6.10 Å². The normalized spacial score (nSPS) is 11.7. The van der Waals surface area contributed by atoms with Gasteiger partial charge in [0.2, 0.25) is 0 Å². The van der Waals surface area contributed by atoms with Crippen molar-refractivity contribution in [2.75, 3.05) is 14.2 Å². The Balaban J connectivity index is 2.11. The van der Waals surface area contributed by atoms with Gasteiger partial charge in [0.05, 0.1) is 7.11 Å². The minimum absolute atomic E-state index is 0.0330. The molecule has 4 nitrogen and oxygen atoms in total. The number of hydrogen-bond donors (Lipinski definition) is 0. The molecule has 2 aromatic rings. The molecule has 0 radical (unpaired) electrons. The van der Waals surface area contributed by atoms with E-state index in [0.29, 0.717) is 13.0 Å². The molecular weight excluding hydrogens is 314 g/mol. The highest BCUT2D eigenvalue weighted by atomic mass is 16.5. The third kappa shape index (κ3) is 4.75. The molecule has 1 atom stereocenters. The molecule has 0 aliphatic heterocycles. The summed E-state index contributed by atoms with van der Waals surface area (Å²) in [4.78, 5) is 14.5. The summed E-state index contributed by atoms with van der Waals surface area (Å²) in [5.74, 6) is 1.52. The lowest BCUT2D eigenvalue weighted by Gasteiger charge is -2.25. The number of hydrogen-bond acceptors (Lipinski definition) is 3. The number of methoxy groups -OCH3 is 1. The van der Waals surface area contributed by atoms with Gasteiger partial charge in [-0.3, -0.25) is 4.79 Å². The molecule has 4 heteroatoms. The predicted molar refractivity (Wildman–Crippen MR) is 100 cm³/mol. The van der Waals surface area contributed by atoms with Gasteiger partial charge in [-0.25, -0.2) is 0 Å². The molecule has 0 N–H and O–H groups in total. The van der Waals surface area contributed by atoms with Crippen molar-refractivity contribution in [1.82, 2.24) is 4.90 Å². The van der Waals surface area contributed by atoms with E-state index < -0.39 is 6.10 Å². The first-order valence-electron chi connectivity index (χ1n) is 8.57. The number of carbonyl (C=O) groups excluding carboxylic acids is 1. The molecular formula is C21H27NO3. The number of likely N-dealkylation sites (N-methyl/N-ethyl adjacent to an activating group) is 1. The first kappa shape index (κ1) is 18.8. The summed E-state index contributed by atoms with van der Waals surface area (Å²) >= 11 is 0. The maximum atomic E-state index is 12.8. The SMILES string of the molecule is CC[C@H](Oc1cc(C)ccc1C)C(=O)N(C)Cc1ccccc1OC. The first-order valence-corrected chi connectivity index (χ1v) is 8.57. The average molecular weight is 341 g/mol. The molecule has 2 rings (SSSR count). The van der Waals surface area contributed by atoms with Gasteiger partial charge in [0.25, 0.3) is 5.91 Å². The van der Waals surface area contributed by atoms with Crippen LogP contribution in [-0.4, -0.2) is 31.1 Å². The lowest BCUT2D eigenvalue weighted by molar-refractivity contribution is -0.138. The van der Waals surface area contributed by atoms with E-state index in [2.05, 4.69) is 0 Å². The number of amides is 1. The van der Waals surface area contributed by atoms with E-state index in [1.807, 2.05) is 63.2 Å². The molecule has 0 fully saturated rings. The molecule has 0 saturated carbocycles. The van der Waals surface area contributed by atoms with Gasteiger partial charge in [-0.1, -0.05) is 37.3 Å². The largest absolute Gasteiger partial charge is 0.496 e. The van der Waals surface area contributed by atoms with Gasteiger partial charge in [-0.15, -0.1) is 0 Å². The molecule has 0 heterocycles. The molecule has 0 unspecified atom stereocenters. The van der Waals surface area contributed by atoms with Crippen LogP contribution in [0.1, 0.15) is 30.0 Å². The van der Waals surface area contributed by atoms with Crippen LogP contribution in [-0.2, 0) is 11.3 Å². The molecule has 0 aliphatic carbocycles. The maximum Gasteiger partial charge on any atom is 0.263 e. The minimum Gasteiger partial charge on any atom is -0.496 e. The molecule has 25 heavy (non-hydrogen) atoms. The van der Waals surface area contributed by atoms with E-state index in [-0.39, 0.29) is 5.91 Å². The second-order valence-electron chi connectivity index (χ2n) is 6.29. The number of aryl methyl sites for hydroxylation is 2. The van der Waals surface area contributed by atoms with Gasteiger partial charge in [0.1, 0.15) is 11.5 Å². The van der Waals surface area contributed by atoms with Crippen LogP contribution in [0.15, 0.2) is 42.5 Å². The molecule has 2 aromatic carbocycles. The van der Waals surface area contributed by atoms with Crippen molar-refractivity contribution < 1.29 is 14.3 Å². The summed E-state index contributed by atoms with van der Waals surface area (Å²) in [5.41, 5.74) is 3.12. The number of nitrogens with zero attached hydrogens (tertiary/aromatic N) is 1. The van der Waals surface area contributed by atoms with E-state index >= 15 is 0 Å². The van der Waals surface area contributed by atoms with Crippen LogP contribution in [0.3, 0.4) is 0 Å². The van der Waals surface area contributed by atoms with Crippen molar-refractivity contribution in [2.24, 2.45) is 0 Å². The van der Waals surface area contributed by atoms with Crippen LogP contribution in [0, 0.1) is 13.8 Å². The Morgan fingerprint density at radius 3 is 2.52 bits per heavy atom. The van der Waals surface area contributed by atoms with Crippen LogP contribution in [0.2, 0.25) is 0 Å². The fourth-order valence-electron chi connectivity index (χ4n) is 2.71. The lowest BCUT2D eigenvalue weighted by atomic mass is 10.1. The fraction of sp³-hybridized carbons (Fsp3) is 0.381. The summed E-state index contributed by atoms with van der Waals surface area (Å²) < 4.78 is 11.4. The van der Waals surface area contributed by atoms with Crippen molar-refractivity contribution in [3.8, 4) is 11.5 Å². The van der Waals surface area contributed by atoms with Crippen molar-refractivity contribution >= 4 is 5.91 Å². The third-order valence-corrected chi connectivity index (χ3v) is 4.24. The maximum absolute atomic E-state index is 12.8. The summed E-state index contributed by atoms with van der Waals surface area (Å²) in [6.07, 6.45) is 0.114. The van der Waals surface area contributed by atoms with Crippen LogP contribution >= 0.6 is 0 Å². The zero-order valence-corrected chi connectivity index (χ0v) is 15.7. The summed E-state index contributed by atoms with van der Waals surface area (Å²) in [5, 5.41) is 0. The standard InChI is InChI=1S/C21H27NO3/c1-6-18(25-20-13-15(2)11-12-16(20)3)21(23)22(4)14-17-9-7-8-10-19(17)24-5/h7-13,18H,6,14H2,1-5H3/t18-/m0/s1. The Morgan fingerprint density at radius 1 is 1.12 bits per heavy atom. The highest BCUT2D eigenvalue weighted by Crippen LogP contribution is 2.23. The monoisotopic (exact) mass is 341 g/mol. The quantitative estimate of drug-likeness (QED) is 0.760. The Morgan fingerprint density at radius 2 is 1.84 bits per heavy atom. The van der Waals surface area contributed by atoms with Gasteiger partial charge in [-0.2, -0.15) is 0 Å². The number of carbonyl (C=O) groups is 1. The van der Waals surface area contributed by atoms with E-state index in [4.69, 9.17) is 9.47 Å². The molecule has 0 bridgehead atoms. The van der Waals surface area contributed by atoms with Crippen LogP contribution in [0.25, 0.3) is 0 Å². The van der Waals surface area contributed by atoms with Crippen molar-refractivity contribution in [3.05, 3.63) is 59.2 Å². The number of benzene rings is 2. The Labute approximate surface area is 150 Å². The number of rotatable bonds is 7. The lowest BCUT2D eigenvalue weighted by Crippen LogP contribution is -2.39. The van der Waals surface area contributed by atoms with Gasteiger partial charge in [0, 0.05) is 19.2 Å². The zero-order valence-electron chi connectivity index (χ0n) is 15.7. The Hall–Kier alpha value is -2.49. The summed E-state index contributed by atoms with van der Waals surface area (Å²) in [7, 11) is 3.43. The molecule has 0 aromatic heterocycles. The van der Waals surface area contributed by atoms with Crippen LogP contribution in [0.4, 0.5) is 0 Å². The van der Waals surface area contributed by atoms with Crippen molar-refractivity contribution in [2.45, 2.75) is 39.8 Å². The second-order valence-corrected chi connectivity index (χ2v) is 6.29. The van der Waals surface area contributed by atoms with Gasteiger partial charge < -0.3 is 14.4 Å². The van der Waals surface area contributed by atoms with E-state index in [9.17, 15) is 4.79 Å². The fourth-order valence-corrected chi connectivity index (χ4v) is 2.71. The Kier molecular flexibility index (Phi) is 6.45. The van der Waals surface area contributed by atoms with E-state index in [1.54, 1.807) is 19.1 Å². The molecule has 134 valence electrons. The zero-order chi connectivity index (χ0) is 18.4. The molecule has 1 amide bonds. The number of para-hydroxylation sites is 1. The predicted octanol–water partition coefficient (Wildman–Crippen LogP) is 4.13. The number of ether oxygens (including phenoxy) is 2. The molecule has 0 spiro atoms. The van der Waals surface area contributed by atoms with Crippen LogP contribution < -0.4 is 9.47 Å². The van der Waals surface area contributed by atoms with Crippen molar-refractivity contribution in [1.29, 1.82) is 0 Å². The topological polar surface area (TPSA) is 38.8 Å². The molecule has 0 aliphatic rings. The van der Waals surface area contributed by atoms with Gasteiger partial charge >= 0.3 is 0 Å². The minimum atomic E-state index is -0.500.